The van der Waals surface area contributed by atoms with Crippen molar-refractivity contribution in [2.75, 3.05) is 4.31 Å². The van der Waals surface area contributed by atoms with Gasteiger partial charge in [0.05, 0.1) is 16.6 Å². The van der Waals surface area contributed by atoms with Crippen molar-refractivity contribution in [2.24, 2.45) is 0 Å². The highest BCUT2D eigenvalue weighted by Gasteiger charge is 2.44. The Morgan fingerprint density at radius 3 is 2.50 bits per heavy atom. The molecular formula is C19H18BrNO2S. The third-order valence-electron chi connectivity index (χ3n) is 4.90. The maximum atomic E-state index is 13.3. The number of fused-ring (bicyclic) bond motifs is 3. The van der Waals surface area contributed by atoms with Crippen LogP contribution in [0, 0.1) is 6.92 Å². The fraction of sp³-hybridized carbons (Fsp3) is 0.263. The summed E-state index contributed by atoms with van der Waals surface area (Å²) in [6.07, 6.45) is 5.89. The third-order valence-corrected chi connectivity index (χ3v) is 7.25. The molecule has 2 atom stereocenters. The second kappa shape index (κ2) is 5.74. The van der Waals surface area contributed by atoms with Crippen LogP contribution in [0.2, 0.25) is 0 Å². The van der Waals surface area contributed by atoms with Crippen molar-refractivity contribution in [1.82, 2.24) is 0 Å². The van der Waals surface area contributed by atoms with E-state index in [0.717, 1.165) is 34.1 Å². The van der Waals surface area contributed by atoms with Crippen LogP contribution in [0.25, 0.3) is 0 Å². The van der Waals surface area contributed by atoms with Crippen molar-refractivity contribution in [3.63, 3.8) is 0 Å². The lowest BCUT2D eigenvalue weighted by atomic mass is 9.87. The van der Waals surface area contributed by atoms with E-state index in [-0.39, 0.29) is 12.0 Å². The lowest BCUT2D eigenvalue weighted by Gasteiger charge is -2.30. The fourth-order valence-electron chi connectivity index (χ4n) is 3.73. The van der Waals surface area contributed by atoms with Crippen LogP contribution in [-0.2, 0) is 10.0 Å². The van der Waals surface area contributed by atoms with Gasteiger partial charge in [-0.2, -0.15) is 0 Å². The molecule has 2 aliphatic rings. The van der Waals surface area contributed by atoms with Crippen LogP contribution >= 0.6 is 15.9 Å². The van der Waals surface area contributed by atoms with Crippen molar-refractivity contribution < 1.29 is 8.42 Å². The SMILES string of the molecule is Cc1ccc(S(=O)(=O)N2c3ccc(Br)cc3C3CC=CCC32)cc1. The minimum Gasteiger partial charge on any atom is -0.262 e. The molecule has 0 spiro atoms. The Kier molecular flexibility index (Phi) is 3.81. The van der Waals surface area contributed by atoms with Gasteiger partial charge in [-0.05, 0) is 55.7 Å². The topological polar surface area (TPSA) is 37.4 Å². The van der Waals surface area contributed by atoms with Crippen LogP contribution < -0.4 is 4.31 Å². The van der Waals surface area contributed by atoms with Crippen LogP contribution in [0.15, 0.2) is 64.0 Å². The van der Waals surface area contributed by atoms with Crippen LogP contribution in [0.3, 0.4) is 0 Å². The number of nitrogens with zero attached hydrogens (tertiary/aromatic N) is 1. The van der Waals surface area contributed by atoms with Gasteiger partial charge in [0, 0.05) is 10.4 Å². The van der Waals surface area contributed by atoms with Gasteiger partial charge in [0.15, 0.2) is 0 Å². The second-order valence-electron chi connectivity index (χ2n) is 6.43. The van der Waals surface area contributed by atoms with E-state index in [4.69, 9.17) is 0 Å². The summed E-state index contributed by atoms with van der Waals surface area (Å²) >= 11 is 3.52. The summed E-state index contributed by atoms with van der Waals surface area (Å²) in [5.74, 6) is 0.225. The van der Waals surface area contributed by atoms with E-state index in [0.29, 0.717) is 4.90 Å². The zero-order chi connectivity index (χ0) is 16.9. The minimum absolute atomic E-state index is 0.0365. The molecule has 1 aliphatic carbocycles. The average molecular weight is 404 g/mol. The largest absolute Gasteiger partial charge is 0.264 e. The molecule has 0 N–H and O–H groups in total. The zero-order valence-electron chi connectivity index (χ0n) is 13.3. The highest BCUT2D eigenvalue weighted by atomic mass is 79.9. The molecule has 0 saturated heterocycles. The molecule has 0 amide bonds. The standard InChI is InChI=1S/C19H18BrNO2S/c1-13-6-9-15(10-7-13)24(22,23)21-18-5-3-2-4-16(18)17-12-14(20)8-11-19(17)21/h2-3,6-12,16,18H,4-5H2,1H3. The number of aryl methyl sites for hydroxylation is 1. The van der Waals surface area contributed by atoms with E-state index in [1.807, 2.05) is 31.2 Å². The van der Waals surface area contributed by atoms with Gasteiger partial charge in [0.25, 0.3) is 10.0 Å². The Bertz CT molecular complexity index is 919. The van der Waals surface area contributed by atoms with Crippen LogP contribution in [0.1, 0.15) is 29.9 Å². The van der Waals surface area contributed by atoms with E-state index >= 15 is 0 Å². The van der Waals surface area contributed by atoms with Gasteiger partial charge in [-0.15, -0.1) is 0 Å². The molecular weight excluding hydrogens is 386 g/mol. The summed E-state index contributed by atoms with van der Waals surface area (Å²) in [4.78, 5) is 0.358. The molecule has 2 aromatic rings. The predicted molar refractivity (Wildman–Crippen MR) is 99.9 cm³/mol. The number of sulfonamides is 1. The minimum atomic E-state index is -3.57. The number of halogens is 1. The van der Waals surface area contributed by atoms with E-state index in [9.17, 15) is 8.42 Å². The van der Waals surface area contributed by atoms with Crippen molar-refractivity contribution in [3.8, 4) is 0 Å². The number of hydrogen-bond acceptors (Lipinski definition) is 2. The van der Waals surface area contributed by atoms with Crippen LogP contribution in [-0.4, -0.2) is 14.5 Å². The third kappa shape index (κ3) is 2.42. The maximum absolute atomic E-state index is 13.3. The quantitative estimate of drug-likeness (QED) is 0.677. The molecule has 2 unspecified atom stereocenters. The molecule has 0 saturated carbocycles. The lowest BCUT2D eigenvalue weighted by molar-refractivity contribution is 0.533. The van der Waals surface area contributed by atoms with Crippen LogP contribution in [0.4, 0.5) is 5.69 Å². The van der Waals surface area contributed by atoms with Gasteiger partial charge in [-0.3, -0.25) is 4.31 Å². The molecule has 2 aromatic carbocycles. The Hall–Kier alpha value is -1.59. The smallest absolute Gasteiger partial charge is 0.262 e. The zero-order valence-corrected chi connectivity index (χ0v) is 15.7. The Morgan fingerprint density at radius 2 is 1.75 bits per heavy atom. The van der Waals surface area contributed by atoms with Crippen molar-refractivity contribution >= 4 is 31.6 Å². The fourth-order valence-corrected chi connectivity index (χ4v) is 5.83. The summed E-state index contributed by atoms with van der Waals surface area (Å²) in [6, 6.07) is 13.0. The Balaban J connectivity index is 1.87. The molecule has 4 rings (SSSR count). The number of benzene rings is 2. The van der Waals surface area contributed by atoms with Gasteiger partial charge in [0.2, 0.25) is 0 Å². The summed E-state index contributed by atoms with van der Waals surface area (Å²) in [5, 5.41) is 0. The van der Waals surface area contributed by atoms with Gasteiger partial charge in [0.1, 0.15) is 0 Å². The van der Waals surface area contributed by atoms with Gasteiger partial charge >= 0.3 is 0 Å². The first-order chi connectivity index (χ1) is 11.5. The van der Waals surface area contributed by atoms with Gasteiger partial charge in [-0.25, -0.2) is 8.42 Å². The van der Waals surface area contributed by atoms with Gasteiger partial charge < -0.3 is 0 Å². The Labute approximate surface area is 151 Å². The van der Waals surface area contributed by atoms with Crippen LogP contribution in [0.5, 0.6) is 0 Å². The summed E-state index contributed by atoms with van der Waals surface area (Å²) in [7, 11) is -3.57. The lowest BCUT2D eigenvalue weighted by Crippen LogP contribution is -2.39. The number of rotatable bonds is 2. The number of allylic oxidation sites excluding steroid dienone is 1. The van der Waals surface area contributed by atoms with E-state index in [1.165, 1.54) is 0 Å². The monoisotopic (exact) mass is 403 g/mol. The van der Waals surface area contributed by atoms with Crippen molar-refractivity contribution in [1.29, 1.82) is 0 Å². The first-order valence-electron chi connectivity index (χ1n) is 8.04. The first-order valence-corrected chi connectivity index (χ1v) is 10.3. The average Bonchev–Trinajstić information content (AvgIpc) is 2.90. The summed E-state index contributed by atoms with van der Waals surface area (Å²) < 4.78 is 29.3. The van der Waals surface area contributed by atoms with E-state index in [1.54, 1.807) is 16.4 Å². The number of hydrogen-bond donors (Lipinski definition) is 0. The predicted octanol–water partition coefficient (Wildman–Crippen LogP) is 4.77. The molecule has 0 fully saturated rings. The number of anilines is 1. The molecule has 5 heteroatoms. The first kappa shape index (κ1) is 15.9. The molecule has 1 aliphatic heterocycles. The highest BCUT2D eigenvalue weighted by Crippen LogP contribution is 2.49. The molecule has 1 heterocycles. The summed E-state index contributed by atoms with van der Waals surface area (Å²) in [5.41, 5.74) is 2.99. The molecule has 0 aromatic heterocycles. The maximum Gasteiger partial charge on any atom is 0.264 e. The second-order valence-corrected chi connectivity index (χ2v) is 9.16. The summed E-state index contributed by atoms with van der Waals surface area (Å²) in [6.45, 7) is 1.96. The van der Waals surface area contributed by atoms with Crippen molar-refractivity contribution in [2.45, 2.75) is 36.6 Å². The molecule has 124 valence electrons. The Morgan fingerprint density at radius 1 is 1.04 bits per heavy atom. The van der Waals surface area contributed by atoms with Gasteiger partial charge in [-0.1, -0.05) is 45.8 Å². The molecule has 24 heavy (non-hydrogen) atoms. The molecule has 0 radical (unpaired) electrons. The van der Waals surface area contributed by atoms with Crippen molar-refractivity contribution in [3.05, 3.63) is 70.2 Å². The van der Waals surface area contributed by atoms with E-state index < -0.39 is 10.0 Å². The van der Waals surface area contributed by atoms with E-state index in [2.05, 4.69) is 34.1 Å². The normalized spacial score (nSPS) is 22.3. The highest BCUT2D eigenvalue weighted by molar-refractivity contribution is 9.10. The molecule has 3 nitrogen and oxygen atoms in total. The molecule has 0 bridgehead atoms.